The summed E-state index contributed by atoms with van der Waals surface area (Å²) >= 11 is 0. The maximum absolute atomic E-state index is 12.2. The molecule has 1 aromatic rings. The number of carbonyl (C=O) groups excluding carboxylic acids is 2. The van der Waals surface area contributed by atoms with E-state index in [1.165, 1.54) is 5.56 Å². The lowest BCUT2D eigenvalue weighted by Gasteiger charge is -2.33. The minimum atomic E-state index is -0.517. The van der Waals surface area contributed by atoms with Crippen molar-refractivity contribution in [2.45, 2.75) is 71.6 Å². The van der Waals surface area contributed by atoms with Gasteiger partial charge in [0, 0.05) is 32.1 Å². The maximum atomic E-state index is 12.2. The topological polar surface area (TPSA) is 70.7 Å². The molecule has 2 atom stereocenters. The Hall–Kier alpha value is -2.08. The number of rotatable bonds is 7. The van der Waals surface area contributed by atoms with Crippen LogP contribution in [0.25, 0.3) is 0 Å². The Morgan fingerprint density at radius 1 is 1.17 bits per heavy atom. The van der Waals surface area contributed by atoms with Gasteiger partial charge in [0.05, 0.1) is 0 Å². The van der Waals surface area contributed by atoms with Gasteiger partial charge in [0.2, 0.25) is 5.91 Å². The monoisotopic (exact) mass is 403 g/mol. The molecule has 1 aliphatic rings. The highest BCUT2D eigenvalue weighted by atomic mass is 16.6. The average Bonchev–Trinajstić information content (AvgIpc) is 2.64. The molecule has 29 heavy (non-hydrogen) atoms. The van der Waals surface area contributed by atoms with Crippen molar-refractivity contribution in [1.29, 1.82) is 0 Å². The summed E-state index contributed by atoms with van der Waals surface area (Å²) in [5, 5.41) is 6.67. The van der Waals surface area contributed by atoms with Crippen LogP contribution in [0.3, 0.4) is 0 Å². The molecule has 6 heteroatoms. The van der Waals surface area contributed by atoms with Crippen LogP contribution in [0.4, 0.5) is 4.79 Å². The number of carbonyl (C=O) groups is 2. The highest BCUT2D eigenvalue weighted by Gasteiger charge is 2.25. The van der Waals surface area contributed by atoms with Crippen LogP contribution in [0.5, 0.6) is 0 Å². The maximum Gasteiger partial charge on any atom is 0.407 e. The van der Waals surface area contributed by atoms with Crippen LogP contribution in [0, 0.1) is 5.92 Å². The molecule has 0 bridgehead atoms. The first-order valence-electron chi connectivity index (χ1n) is 10.7. The van der Waals surface area contributed by atoms with E-state index in [0.717, 1.165) is 38.9 Å². The van der Waals surface area contributed by atoms with Gasteiger partial charge in [0.25, 0.3) is 0 Å². The smallest absolute Gasteiger partial charge is 0.407 e. The number of ether oxygens (including phenoxy) is 1. The van der Waals surface area contributed by atoms with Crippen molar-refractivity contribution in [2.24, 2.45) is 5.92 Å². The Morgan fingerprint density at radius 3 is 2.34 bits per heavy atom. The molecule has 0 spiro atoms. The van der Waals surface area contributed by atoms with E-state index in [1.807, 2.05) is 50.8 Å². The molecule has 6 nitrogen and oxygen atoms in total. The van der Waals surface area contributed by atoms with Gasteiger partial charge in [-0.25, -0.2) is 4.79 Å². The predicted molar refractivity (Wildman–Crippen MR) is 116 cm³/mol. The molecule has 1 saturated heterocycles. The van der Waals surface area contributed by atoms with Crippen LogP contribution >= 0.6 is 0 Å². The Morgan fingerprint density at radius 2 is 1.79 bits per heavy atom. The van der Waals surface area contributed by atoms with Crippen molar-refractivity contribution in [1.82, 2.24) is 15.5 Å². The third-order valence-corrected chi connectivity index (χ3v) is 5.37. The fraction of sp³-hybridized carbons (Fsp3) is 0.652. The summed E-state index contributed by atoms with van der Waals surface area (Å²) in [5.74, 6) is 0.700. The molecule has 1 aromatic carbocycles. The highest BCUT2D eigenvalue weighted by molar-refractivity contribution is 5.73. The van der Waals surface area contributed by atoms with Gasteiger partial charge in [0.1, 0.15) is 5.60 Å². The summed E-state index contributed by atoms with van der Waals surface area (Å²) in [6, 6.07) is 10.3. The van der Waals surface area contributed by atoms with Gasteiger partial charge in [-0.15, -0.1) is 0 Å². The Balaban J connectivity index is 1.94. The third kappa shape index (κ3) is 8.44. The van der Waals surface area contributed by atoms with Crippen molar-refractivity contribution in [3.63, 3.8) is 0 Å². The molecule has 0 saturated carbocycles. The fourth-order valence-electron chi connectivity index (χ4n) is 3.66. The van der Waals surface area contributed by atoms with Crippen LogP contribution < -0.4 is 10.6 Å². The van der Waals surface area contributed by atoms with E-state index >= 15 is 0 Å². The first-order chi connectivity index (χ1) is 13.6. The van der Waals surface area contributed by atoms with Gasteiger partial charge < -0.3 is 20.3 Å². The average molecular weight is 404 g/mol. The molecule has 2 rings (SSSR count). The molecular weight excluding hydrogens is 366 g/mol. The standard InChI is InChI=1S/C23H37N3O3/c1-17(25-22(28)29-23(3,4)5)21(15-19-9-7-6-8-10-19)24-16-20-11-13-26(14-12-20)18(2)27/h6-10,17,20-21,24H,11-16H2,1-5H3,(H,25,28)/t17-,21+/m1/s1. The quantitative estimate of drug-likeness (QED) is 0.732. The molecule has 1 aliphatic heterocycles. The number of hydrogen-bond donors (Lipinski definition) is 2. The summed E-state index contributed by atoms with van der Waals surface area (Å²) in [4.78, 5) is 25.7. The molecule has 1 fully saturated rings. The van der Waals surface area contributed by atoms with E-state index in [1.54, 1.807) is 6.92 Å². The van der Waals surface area contributed by atoms with Crippen LogP contribution in [-0.2, 0) is 16.0 Å². The van der Waals surface area contributed by atoms with Gasteiger partial charge in [-0.1, -0.05) is 30.3 Å². The predicted octanol–water partition coefficient (Wildman–Crippen LogP) is 3.36. The molecule has 0 aromatic heterocycles. The van der Waals surface area contributed by atoms with Gasteiger partial charge in [-0.2, -0.15) is 0 Å². The molecular formula is C23H37N3O3. The number of alkyl carbamates (subject to hydrolysis) is 1. The van der Waals surface area contributed by atoms with E-state index < -0.39 is 5.60 Å². The van der Waals surface area contributed by atoms with Crippen molar-refractivity contribution < 1.29 is 14.3 Å². The fourth-order valence-corrected chi connectivity index (χ4v) is 3.66. The molecule has 162 valence electrons. The van der Waals surface area contributed by atoms with Crippen molar-refractivity contribution in [3.8, 4) is 0 Å². The van der Waals surface area contributed by atoms with Crippen molar-refractivity contribution in [2.75, 3.05) is 19.6 Å². The summed E-state index contributed by atoms with van der Waals surface area (Å²) in [7, 11) is 0. The second-order valence-corrected chi connectivity index (χ2v) is 9.09. The highest BCUT2D eigenvalue weighted by Crippen LogP contribution is 2.17. The van der Waals surface area contributed by atoms with E-state index in [2.05, 4.69) is 22.8 Å². The van der Waals surface area contributed by atoms with E-state index in [-0.39, 0.29) is 24.1 Å². The first kappa shape index (κ1) is 23.2. The molecule has 0 aliphatic carbocycles. The minimum Gasteiger partial charge on any atom is -0.444 e. The summed E-state index contributed by atoms with van der Waals surface area (Å²) in [6.45, 7) is 11.8. The zero-order valence-electron chi connectivity index (χ0n) is 18.5. The van der Waals surface area contributed by atoms with Gasteiger partial charge in [-0.05, 0) is 65.0 Å². The molecule has 2 N–H and O–H groups in total. The van der Waals surface area contributed by atoms with Crippen LogP contribution in [0.2, 0.25) is 0 Å². The first-order valence-corrected chi connectivity index (χ1v) is 10.7. The van der Waals surface area contributed by atoms with Crippen molar-refractivity contribution in [3.05, 3.63) is 35.9 Å². The second kappa shape index (κ2) is 10.6. The number of amides is 2. The van der Waals surface area contributed by atoms with Gasteiger partial charge in [-0.3, -0.25) is 4.79 Å². The summed E-state index contributed by atoms with van der Waals surface area (Å²) in [6.07, 6.45) is 2.46. The van der Waals surface area contributed by atoms with Crippen molar-refractivity contribution >= 4 is 12.0 Å². The van der Waals surface area contributed by atoms with Crippen LogP contribution in [0.15, 0.2) is 30.3 Å². The SMILES string of the molecule is CC(=O)N1CCC(CN[C@@H](Cc2ccccc2)[C@@H](C)NC(=O)OC(C)(C)C)CC1. The lowest BCUT2D eigenvalue weighted by atomic mass is 9.94. The van der Waals surface area contributed by atoms with Gasteiger partial charge >= 0.3 is 6.09 Å². The Bertz CT molecular complexity index is 649. The van der Waals surface area contributed by atoms with Crippen LogP contribution in [0.1, 0.15) is 53.0 Å². The minimum absolute atomic E-state index is 0.0811. The number of benzene rings is 1. The number of piperidine rings is 1. The zero-order chi connectivity index (χ0) is 21.4. The molecule has 2 amide bonds. The largest absolute Gasteiger partial charge is 0.444 e. The normalized spacial score (nSPS) is 17.5. The lowest BCUT2D eigenvalue weighted by Crippen LogP contribution is -2.52. The lowest BCUT2D eigenvalue weighted by molar-refractivity contribution is -0.130. The Labute approximate surface area is 175 Å². The third-order valence-electron chi connectivity index (χ3n) is 5.37. The van der Waals surface area contributed by atoms with E-state index in [0.29, 0.717) is 5.92 Å². The number of likely N-dealkylation sites (tertiary alicyclic amines) is 1. The van der Waals surface area contributed by atoms with E-state index in [9.17, 15) is 9.59 Å². The Kier molecular flexibility index (Phi) is 8.50. The van der Waals surface area contributed by atoms with Gasteiger partial charge in [0.15, 0.2) is 0 Å². The van der Waals surface area contributed by atoms with Crippen LogP contribution in [-0.4, -0.2) is 54.2 Å². The molecule has 0 radical (unpaired) electrons. The molecule has 0 unspecified atom stereocenters. The second-order valence-electron chi connectivity index (χ2n) is 9.09. The summed E-state index contributed by atoms with van der Waals surface area (Å²) in [5.41, 5.74) is 0.714. The van der Waals surface area contributed by atoms with E-state index in [4.69, 9.17) is 4.74 Å². The zero-order valence-corrected chi connectivity index (χ0v) is 18.5. The molecule has 1 heterocycles. The number of nitrogens with one attached hydrogen (secondary N) is 2. The number of hydrogen-bond acceptors (Lipinski definition) is 4. The summed E-state index contributed by atoms with van der Waals surface area (Å²) < 4.78 is 5.42. The number of nitrogens with zero attached hydrogens (tertiary/aromatic N) is 1.